The van der Waals surface area contributed by atoms with Crippen molar-refractivity contribution in [1.82, 2.24) is 14.5 Å². The molecule has 1 unspecified atom stereocenters. The molecule has 0 amide bonds. The van der Waals surface area contributed by atoms with Gasteiger partial charge in [-0.15, -0.1) is 0 Å². The molecular formula is C35H37N3O. The van der Waals surface area contributed by atoms with Crippen molar-refractivity contribution in [2.45, 2.75) is 51.7 Å². The lowest BCUT2D eigenvalue weighted by Gasteiger charge is -2.38. The second kappa shape index (κ2) is 11.4. The second-order valence-electron chi connectivity index (χ2n) is 11.0. The predicted octanol–water partition coefficient (Wildman–Crippen LogP) is 7.37. The van der Waals surface area contributed by atoms with Crippen molar-refractivity contribution in [1.29, 1.82) is 0 Å². The van der Waals surface area contributed by atoms with Crippen LogP contribution >= 0.6 is 0 Å². The zero-order chi connectivity index (χ0) is 27.3. The number of aromatic nitrogens is 3. The Morgan fingerprint density at radius 3 is 1.72 bits per heavy atom. The number of nitrogens with zero attached hydrogens (tertiary/aromatic N) is 3. The highest BCUT2D eigenvalue weighted by atomic mass is 16.3. The van der Waals surface area contributed by atoms with Gasteiger partial charge in [0.2, 0.25) is 0 Å². The van der Waals surface area contributed by atoms with E-state index in [0.717, 1.165) is 41.1 Å². The van der Waals surface area contributed by atoms with Crippen LogP contribution in [0.1, 0.15) is 67.2 Å². The van der Waals surface area contributed by atoms with E-state index in [4.69, 9.17) is 4.98 Å². The molecule has 1 N–H and O–H groups in total. The van der Waals surface area contributed by atoms with E-state index in [0.29, 0.717) is 12.1 Å². The largest absolute Gasteiger partial charge is 0.386 e. The summed E-state index contributed by atoms with van der Waals surface area (Å²) in [6.45, 7) is 6.80. The molecule has 0 aliphatic heterocycles. The second-order valence-corrected chi connectivity index (χ2v) is 11.0. The highest BCUT2D eigenvalue weighted by Crippen LogP contribution is 2.42. The zero-order valence-electron chi connectivity index (χ0n) is 23.0. The van der Waals surface area contributed by atoms with Crippen LogP contribution in [0.3, 0.4) is 0 Å². The van der Waals surface area contributed by atoms with Gasteiger partial charge in [-0.2, -0.15) is 0 Å². The lowest BCUT2D eigenvalue weighted by Crippen LogP contribution is -2.38. The number of aliphatic hydroxyl groups is 1. The topological polar surface area (TPSA) is 50.9 Å². The minimum Gasteiger partial charge on any atom is -0.386 e. The molecular weight excluding hydrogens is 478 g/mol. The number of aliphatic hydroxyl groups excluding tert-OH is 1. The molecule has 5 rings (SSSR count). The van der Waals surface area contributed by atoms with Gasteiger partial charge in [-0.3, -0.25) is 4.98 Å². The van der Waals surface area contributed by atoms with E-state index in [1.54, 1.807) is 6.20 Å². The molecule has 0 radical (unpaired) electrons. The normalized spacial score (nSPS) is 12.8. The maximum absolute atomic E-state index is 11.3. The Labute approximate surface area is 232 Å². The average Bonchev–Trinajstić information content (AvgIpc) is 3.36. The Bertz CT molecular complexity index is 1370. The van der Waals surface area contributed by atoms with E-state index < -0.39 is 11.6 Å². The maximum Gasteiger partial charge on any atom is 0.121 e. The van der Waals surface area contributed by atoms with Gasteiger partial charge in [0.05, 0.1) is 11.4 Å². The fraction of sp³-hybridized carbons (Fsp3) is 0.257. The quantitative estimate of drug-likeness (QED) is 0.198. The molecule has 0 spiro atoms. The average molecular weight is 516 g/mol. The highest BCUT2D eigenvalue weighted by Gasteiger charge is 2.40. The molecule has 0 aliphatic rings. The Balaban J connectivity index is 1.80. The van der Waals surface area contributed by atoms with Crippen LogP contribution in [-0.4, -0.2) is 19.6 Å². The van der Waals surface area contributed by atoms with Crippen molar-refractivity contribution in [3.63, 3.8) is 0 Å². The Morgan fingerprint density at radius 2 is 1.26 bits per heavy atom. The number of benzene rings is 3. The van der Waals surface area contributed by atoms with E-state index in [9.17, 15) is 5.11 Å². The van der Waals surface area contributed by atoms with Crippen LogP contribution in [0.25, 0.3) is 0 Å². The van der Waals surface area contributed by atoms with Crippen LogP contribution in [0.5, 0.6) is 0 Å². The summed E-state index contributed by atoms with van der Waals surface area (Å²) in [4.78, 5) is 9.66. The first-order valence-corrected chi connectivity index (χ1v) is 13.8. The summed E-state index contributed by atoms with van der Waals surface area (Å²) in [6.07, 6.45) is 5.40. The molecule has 5 aromatic rings. The van der Waals surface area contributed by atoms with Crippen LogP contribution in [0.15, 0.2) is 122 Å². The minimum atomic E-state index is -0.778. The minimum absolute atomic E-state index is 0.102. The summed E-state index contributed by atoms with van der Waals surface area (Å²) in [6, 6.07) is 37.5. The molecule has 2 aromatic heterocycles. The summed E-state index contributed by atoms with van der Waals surface area (Å²) in [5.41, 5.74) is 4.48. The molecule has 0 aliphatic carbocycles. The standard InChI is InChI=1S/C35H37N3O/c1-4-34(2,3)25-30-26-38(33(37-30)24-32(39)31-22-14-15-23-36-31)35(27-16-8-5-9-17-27,28-18-10-6-11-19-28)29-20-12-7-13-21-29/h5-23,26,32,39H,4,24-25H2,1-3H3. The maximum atomic E-state index is 11.3. The predicted molar refractivity (Wildman–Crippen MR) is 158 cm³/mol. The first kappa shape index (κ1) is 26.6. The van der Waals surface area contributed by atoms with E-state index in [-0.39, 0.29) is 5.41 Å². The van der Waals surface area contributed by atoms with Crippen molar-refractivity contribution < 1.29 is 5.11 Å². The molecule has 3 aromatic carbocycles. The van der Waals surface area contributed by atoms with Crippen LogP contribution < -0.4 is 0 Å². The van der Waals surface area contributed by atoms with Gasteiger partial charge in [0, 0.05) is 18.8 Å². The lowest BCUT2D eigenvalue weighted by molar-refractivity contribution is 0.168. The van der Waals surface area contributed by atoms with Gasteiger partial charge in [0.25, 0.3) is 0 Å². The molecule has 0 saturated heterocycles. The number of rotatable bonds is 10. The van der Waals surface area contributed by atoms with Crippen LogP contribution in [-0.2, 0) is 18.4 Å². The van der Waals surface area contributed by atoms with Crippen LogP contribution in [0, 0.1) is 5.41 Å². The SMILES string of the molecule is CCC(C)(C)Cc1cn(C(c2ccccc2)(c2ccccc2)c2ccccc2)c(CC(O)c2ccccn2)n1. The molecule has 4 nitrogen and oxygen atoms in total. The van der Waals surface area contributed by atoms with Gasteiger partial charge in [-0.1, -0.05) is 124 Å². The van der Waals surface area contributed by atoms with Crippen LogP contribution in [0.4, 0.5) is 0 Å². The summed E-state index contributed by atoms with van der Waals surface area (Å²) < 4.78 is 2.31. The summed E-state index contributed by atoms with van der Waals surface area (Å²) in [7, 11) is 0. The number of hydrogen-bond donors (Lipinski definition) is 1. The smallest absolute Gasteiger partial charge is 0.121 e. The fourth-order valence-corrected chi connectivity index (χ4v) is 5.41. The first-order chi connectivity index (χ1) is 18.9. The third kappa shape index (κ3) is 5.43. The Morgan fingerprint density at radius 1 is 0.744 bits per heavy atom. The third-order valence-electron chi connectivity index (χ3n) is 7.79. The van der Waals surface area contributed by atoms with E-state index in [1.165, 1.54) is 0 Å². The first-order valence-electron chi connectivity index (χ1n) is 13.8. The summed E-state index contributed by atoms with van der Waals surface area (Å²) in [5.74, 6) is 0.826. The molecule has 2 heterocycles. The van der Waals surface area contributed by atoms with Crippen molar-refractivity contribution in [2.24, 2.45) is 5.41 Å². The molecule has 0 saturated carbocycles. The number of pyridine rings is 1. The van der Waals surface area contributed by atoms with Gasteiger partial charge in [-0.05, 0) is 40.7 Å². The molecule has 4 heteroatoms. The third-order valence-corrected chi connectivity index (χ3v) is 7.79. The van der Waals surface area contributed by atoms with E-state index in [1.807, 2.05) is 18.2 Å². The molecule has 39 heavy (non-hydrogen) atoms. The monoisotopic (exact) mass is 515 g/mol. The van der Waals surface area contributed by atoms with E-state index >= 15 is 0 Å². The van der Waals surface area contributed by atoms with Crippen molar-refractivity contribution in [3.8, 4) is 0 Å². The van der Waals surface area contributed by atoms with Crippen LogP contribution in [0.2, 0.25) is 0 Å². The molecule has 0 fully saturated rings. The van der Waals surface area contributed by atoms with Gasteiger partial charge in [0.15, 0.2) is 0 Å². The van der Waals surface area contributed by atoms with Gasteiger partial charge < -0.3 is 9.67 Å². The summed E-state index contributed by atoms with van der Waals surface area (Å²) >= 11 is 0. The Kier molecular flexibility index (Phi) is 7.76. The number of hydrogen-bond acceptors (Lipinski definition) is 3. The highest BCUT2D eigenvalue weighted by molar-refractivity contribution is 5.51. The van der Waals surface area contributed by atoms with Gasteiger partial charge in [0.1, 0.15) is 17.5 Å². The van der Waals surface area contributed by atoms with E-state index in [2.05, 4.69) is 128 Å². The zero-order valence-corrected chi connectivity index (χ0v) is 23.0. The number of imidazole rings is 1. The van der Waals surface area contributed by atoms with Gasteiger partial charge >= 0.3 is 0 Å². The van der Waals surface area contributed by atoms with Gasteiger partial charge in [-0.25, -0.2) is 4.98 Å². The molecule has 198 valence electrons. The Hall–Kier alpha value is -4.02. The molecule has 1 atom stereocenters. The van der Waals surface area contributed by atoms with Crippen molar-refractivity contribution in [3.05, 3.63) is 155 Å². The molecule has 0 bridgehead atoms. The fourth-order valence-electron chi connectivity index (χ4n) is 5.41. The van der Waals surface area contributed by atoms with Crippen molar-refractivity contribution >= 4 is 0 Å². The lowest BCUT2D eigenvalue weighted by atomic mass is 9.76. The van der Waals surface area contributed by atoms with Crippen molar-refractivity contribution in [2.75, 3.05) is 0 Å². The summed E-state index contributed by atoms with van der Waals surface area (Å²) in [5, 5.41) is 11.3.